The van der Waals surface area contributed by atoms with Crippen molar-refractivity contribution in [3.63, 3.8) is 0 Å². The molecule has 8 atom stereocenters. The van der Waals surface area contributed by atoms with E-state index in [1.54, 1.807) is 13.8 Å². The number of carbonyl (C=O) groups is 5. The van der Waals surface area contributed by atoms with Gasteiger partial charge in [0.2, 0.25) is 0 Å². The Labute approximate surface area is 227 Å². The molecule has 0 bridgehead atoms. The first kappa shape index (κ1) is 30.3. The van der Waals surface area contributed by atoms with Crippen molar-refractivity contribution in [3.8, 4) is 0 Å². The van der Waals surface area contributed by atoms with Gasteiger partial charge in [-0.3, -0.25) is 24.0 Å². The molecule has 1 N–H and O–H groups in total. The molecule has 0 unspecified atom stereocenters. The van der Waals surface area contributed by atoms with Gasteiger partial charge in [0.1, 0.15) is 24.9 Å². The average Bonchev–Trinajstić information content (AvgIpc) is 3.03. The molecule has 0 aromatic heterocycles. The van der Waals surface area contributed by atoms with Crippen molar-refractivity contribution in [2.24, 2.45) is 17.3 Å². The van der Waals surface area contributed by atoms with Crippen LogP contribution in [-0.2, 0) is 47.7 Å². The number of carbonyl (C=O) groups excluding carboxylic acids is 5. The van der Waals surface area contributed by atoms with Gasteiger partial charge in [0.15, 0.2) is 11.7 Å². The van der Waals surface area contributed by atoms with E-state index >= 15 is 0 Å². The van der Waals surface area contributed by atoms with Gasteiger partial charge in [-0.25, -0.2) is 0 Å². The Morgan fingerprint density at radius 1 is 1.00 bits per heavy atom. The number of fused-ring (bicyclic) bond motifs is 2. The Kier molecular flexibility index (Phi) is 8.94. The largest absolute Gasteiger partial charge is 0.462 e. The van der Waals surface area contributed by atoms with Crippen molar-refractivity contribution in [1.82, 2.24) is 0 Å². The van der Waals surface area contributed by atoms with Crippen LogP contribution >= 0.6 is 0 Å². The molecule has 0 spiro atoms. The predicted octanol–water partition coefficient (Wildman–Crippen LogP) is 2.33. The van der Waals surface area contributed by atoms with Gasteiger partial charge in [-0.15, -0.1) is 0 Å². The molecule has 216 valence electrons. The van der Waals surface area contributed by atoms with Crippen molar-refractivity contribution < 1.29 is 52.8 Å². The van der Waals surface area contributed by atoms with Crippen LogP contribution < -0.4 is 0 Å². The number of esters is 5. The van der Waals surface area contributed by atoms with Crippen molar-refractivity contribution in [3.05, 3.63) is 23.3 Å². The molecule has 0 amide bonds. The molecule has 0 saturated carbocycles. The summed E-state index contributed by atoms with van der Waals surface area (Å²) in [6.45, 7) is 9.85. The normalized spacial score (nSPS) is 37.5. The van der Waals surface area contributed by atoms with Crippen molar-refractivity contribution in [2.45, 2.75) is 97.7 Å². The second-order valence-corrected chi connectivity index (χ2v) is 10.9. The third-order valence-corrected chi connectivity index (χ3v) is 8.19. The highest BCUT2D eigenvalue weighted by Gasteiger charge is 2.67. The lowest BCUT2D eigenvalue weighted by molar-refractivity contribution is -0.216. The molecule has 0 aromatic rings. The highest BCUT2D eigenvalue weighted by atomic mass is 16.6. The van der Waals surface area contributed by atoms with Crippen LogP contribution in [0.3, 0.4) is 0 Å². The first-order valence-electron chi connectivity index (χ1n) is 13.1. The van der Waals surface area contributed by atoms with E-state index in [9.17, 15) is 29.1 Å². The second kappa shape index (κ2) is 11.5. The fourth-order valence-corrected chi connectivity index (χ4v) is 6.28. The molecular formula is C28H38O11. The van der Waals surface area contributed by atoms with Crippen LogP contribution in [-0.4, -0.2) is 71.6 Å². The Balaban J connectivity index is 2.34. The molecule has 1 saturated heterocycles. The molecule has 1 fully saturated rings. The summed E-state index contributed by atoms with van der Waals surface area (Å²) < 4.78 is 28.3. The minimum absolute atomic E-state index is 0.161. The fraction of sp³-hybridized carbons (Fsp3) is 0.679. The second-order valence-electron chi connectivity index (χ2n) is 10.9. The number of rotatable bonds is 5. The van der Waals surface area contributed by atoms with Crippen LogP contribution in [0.2, 0.25) is 0 Å². The van der Waals surface area contributed by atoms with Gasteiger partial charge in [0.25, 0.3) is 0 Å². The number of hydrogen-bond donors (Lipinski definition) is 1. The fourth-order valence-electron chi connectivity index (χ4n) is 6.28. The summed E-state index contributed by atoms with van der Waals surface area (Å²) in [5.41, 5.74) is -2.08. The molecule has 3 rings (SSSR count). The monoisotopic (exact) mass is 550 g/mol. The highest BCUT2D eigenvalue weighted by Crippen LogP contribution is 2.55. The summed E-state index contributed by atoms with van der Waals surface area (Å²) >= 11 is 0. The molecule has 39 heavy (non-hydrogen) atoms. The van der Waals surface area contributed by atoms with E-state index in [1.807, 2.05) is 6.08 Å². The summed E-state index contributed by atoms with van der Waals surface area (Å²) in [5.74, 6) is -5.07. The van der Waals surface area contributed by atoms with E-state index in [-0.39, 0.29) is 25.9 Å². The van der Waals surface area contributed by atoms with Crippen LogP contribution in [0.25, 0.3) is 0 Å². The lowest BCUT2D eigenvalue weighted by Gasteiger charge is -2.54. The summed E-state index contributed by atoms with van der Waals surface area (Å²) in [6.07, 6.45) is -0.259. The lowest BCUT2D eigenvalue weighted by atomic mass is 9.56. The number of hydrogen-bond acceptors (Lipinski definition) is 11. The van der Waals surface area contributed by atoms with E-state index in [2.05, 4.69) is 0 Å². The smallest absolute Gasteiger partial charge is 0.312 e. The molecule has 1 aliphatic heterocycles. The zero-order valence-corrected chi connectivity index (χ0v) is 23.5. The summed E-state index contributed by atoms with van der Waals surface area (Å²) in [5, 5.41) is 12.4. The highest BCUT2D eigenvalue weighted by molar-refractivity contribution is 5.78. The van der Waals surface area contributed by atoms with Gasteiger partial charge < -0.3 is 28.8 Å². The predicted molar refractivity (Wildman–Crippen MR) is 135 cm³/mol. The van der Waals surface area contributed by atoms with Gasteiger partial charge in [0, 0.05) is 40.0 Å². The van der Waals surface area contributed by atoms with Gasteiger partial charge >= 0.3 is 29.8 Å². The minimum atomic E-state index is -2.07. The number of ether oxygens (including phenoxy) is 5. The van der Waals surface area contributed by atoms with E-state index in [0.29, 0.717) is 11.1 Å². The summed E-state index contributed by atoms with van der Waals surface area (Å²) in [7, 11) is 0. The molecule has 0 radical (unpaired) electrons. The molecule has 3 aliphatic rings. The summed E-state index contributed by atoms with van der Waals surface area (Å²) in [4.78, 5) is 61.6. The topological polar surface area (TPSA) is 152 Å². The van der Waals surface area contributed by atoms with Gasteiger partial charge in [-0.1, -0.05) is 18.6 Å². The van der Waals surface area contributed by atoms with Gasteiger partial charge in [0.05, 0.1) is 11.3 Å². The first-order valence-corrected chi connectivity index (χ1v) is 13.1. The Hall–Kier alpha value is -3.21. The Morgan fingerprint density at radius 2 is 1.59 bits per heavy atom. The zero-order valence-electron chi connectivity index (χ0n) is 23.5. The summed E-state index contributed by atoms with van der Waals surface area (Å²) in [6, 6.07) is 0. The maximum Gasteiger partial charge on any atom is 0.312 e. The lowest BCUT2D eigenvalue weighted by Crippen LogP contribution is -2.65. The van der Waals surface area contributed by atoms with Crippen molar-refractivity contribution in [2.75, 3.05) is 6.61 Å². The molecule has 0 aromatic carbocycles. The number of aliphatic hydroxyl groups is 1. The molecule has 2 aliphatic carbocycles. The first-order chi connectivity index (χ1) is 18.1. The molecule has 11 nitrogen and oxygen atoms in total. The van der Waals surface area contributed by atoms with Crippen molar-refractivity contribution in [1.29, 1.82) is 0 Å². The standard InChI is InChI=1S/C28H38O11/c1-14-8-10-21(36-17(4)30)27(7)22(37-18(5)31)11-9-20(13-35-16(3)29)12-23-28(34,15(2)26(33)39-23)25(24(14)27)38-19(6)32/h8,12,15,21-25,34H,9-11,13H2,1-7H3/b20-12+/t15-,21-,22-,23-,24+,25-,27+,28-/m0/s1. The average molecular weight is 551 g/mol. The maximum atomic E-state index is 12.9. The Bertz CT molecular complexity index is 1090. The van der Waals surface area contributed by atoms with E-state index in [4.69, 9.17) is 23.7 Å². The van der Waals surface area contributed by atoms with E-state index < -0.39 is 77.1 Å². The minimum Gasteiger partial charge on any atom is -0.462 e. The SMILES string of the molecule is CC(=O)OC/C1=C/[C@@H]2OC(=O)[C@H](C)[C@@]2(O)[C@@H](OC(C)=O)[C@H]2C(C)=CC[C@H](OC(C)=O)[C@]2(C)[C@@H](OC(C)=O)CC1. The van der Waals surface area contributed by atoms with Crippen molar-refractivity contribution >= 4 is 29.8 Å². The van der Waals surface area contributed by atoms with Crippen LogP contribution in [0.1, 0.15) is 67.7 Å². The van der Waals surface area contributed by atoms with Crippen LogP contribution in [0.5, 0.6) is 0 Å². The molecular weight excluding hydrogens is 512 g/mol. The van der Waals surface area contributed by atoms with E-state index in [0.717, 1.165) is 0 Å². The van der Waals surface area contributed by atoms with Crippen LogP contribution in [0, 0.1) is 17.3 Å². The third-order valence-electron chi connectivity index (χ3n) is 8.19. The van der Waals surface area contributed by atoms with Gasteiger partial charge in [-0.2, -0.15) is 0 Å². The molecule has 11 heteroatoms. The quantitative estimate of drug-likeness (QED) is 0.305. The van der Waals surface area contributed by atoms with Crippen LogP contribution in [0.15, 0.2) is 23.3 Å². The Morgan fingerprint density at radius 3 is 2.15 bits per heavy atom. The third kappa shape index (κ3) is 5.88. The van der Waals surface area contributed by atoms with E-state index in [1.165, 1.54) is 40.7 Å². The zero-order chi connectivity index (χ0) is 29.3. The molecule has 1 heterocycles. The maximum absolute atomic E-state index is 12.9. The van der Waals surface area contributed by atoms with Crippen LogP contribution in [0.4, 0.5) is 0 Å². The van der Waals surface area contributed by atoms with Gasteiger partial charge in [-0.05, 0) is 38.3 Å².